The Kier molecular flexibility index (Phi) is 4.71. The Morgan fingerprint density at radius 2 is 2.00 bits per heavy atom. The Balaban J connectivity index is 1.76. The third-order valence-corrected chi connectivity index (χ3v) is 4.77. The number of hydrogen-bond acceptors (Lipinski definition) is 6. The number of carboxylic acids is 1. The summed E-state index contributed by atoms with van der Waals surface area (Å²) in [6.07, 6.45) is 2.29. The number of nitrogens with zero attached hydrogens (tertiary/aromatic N) is 3. The minimum Gasteiger partial charge on any atom is -0.479 e. The maximum atomic E-state index is 11.5. The lowest BCUT2D eigenvalue weighted by molar-refractivity contribution is -0.166. The van der Waals surface area contributed by atoms with E-state index in [1.165, 1.54) is 7.11 Å². The quantitative estimate of drug-likeness (QED) is 0.763. The summed E-state index contributed by atoms with van der Waals surface area (Å²) in [4.78, 5) is 20.7. The topological polar surface area (TPSA) is 113 Å². The zero-order valence-corrected chi connectivity index (χ0v) is 14.7. The molecule has 1 fully saturated rings. The first-order chi connectivity index (χ1) is 11.9. The number of nitrogens with one attached hydrogen (secondary N) is 2. The van der Waals surface area contributed by atoms with Gasteiger partial charge in [-0.25, -0.2) is 14.8 Å². The first-order valence-electron chi connectivity index (χ1n) is 8.35. The minimum atomic E-state index is -1.08. The van der Waals surface area contributed by atoms with Gasteiger partial charge in [0.1, 0.15) is 11.6 Å². The Bertz CT molecular complexity index is 765. The lowest BCUT2D eigenvalue weighted by Gasteiger charge is -2.35. The number of hydrogen-bond donors (Lipinski definition) is 3. The summed E-state index contributed by atoms with van der Waals surface area (Å²) in [5.74, 6) is 1.37. The van der Waals surface area contributed by atoms with Gasteiger partial charge in [-0.1, -0.05) is 0 Å². The molecule has 25 heavy (non-hydrogen) atoms. The van der Waals surface area contributed by atoms with Gasteiger partial charge in [0, 0.05) is 36.5 Å². The Labute approximate surface area is 146 Å². The van der Waals surface area contributed by atoms with Crippen LogP contribution >= 0.6 is 0 Å². The predicted octanol–water partition coefficient (Wildman–Crippen LogP) is 2.69. The first kappa shape index (κ1) is 17.3. The fourth-order valence-corrected chi connectivity index (χ4v) is 3.30. The molecule has 2 heterocycles. The fourth-order valence-electron chi connectivity index (χ4n) is 3.30. The van der Waals surface area contributed by atoms with Crippen molar-refractivity contribution in [3.05, 3.63) is 29.3 Å². The molecule has 0 spiro atoms. The highest BCUT2D eigenvalue weighted by molar-refractivity contribution is 5.77. The number of aliphatic carboxylic acids is 1. The molecule has 134 valence electrons. The van der Waals surface area contributed by atoms with Crippen LogP contribution in [0.3, 0.4) is 0 Å². The summed E-state index contributed by atoms with van der Waals surface area (Å²) in [6, 6.07) is 3.77. The third-order valence-electron chi connectivity index (χ3n) is 4.77. The van der Waals surface area contributed by atoms with Crippen LogP contribution in [0.4, 0.5) is 11.6 Å². The third kappa shape index (κ3) is 3.63. The Morgan fingerprint density at radius 1 is 1.28 bits per heavy atom. The molecule has 0 radical (unpaired) electrons. The van der Waals surface area contributed by atoms with E-state index in [4.69, 9.17) is 4.74 Å². The summed E-state index contributed by atoms with van der Waals surface area (Å²) < 4.78 is 5.29. The molecular formula is C17H23N5O3. The van der Waals surface area contributed by atoms with Crippen LogP contribution in [-0.2, 0) is 9.53 Å². The van der Waals surface area contributed by atoms with Crippen molar-refractivity contribution in [2.45, 2.75) is 51.0 Å². The second-order valence-electron chi connectivity index (χ2n) is 6.59. The summed E-state index contributed by atoms with van der Waals surface area (Å²) in [6.45, 7) is 3.85. The highest BCUT2D eigenvalue weighted by atomic mass is 16.5. The van der Waals surface area contributed by atoms with Crippen molar-refractivity contribution in [1.82, 2.24) is 20.2 Å². The van der Waals surface area contributed by atoms with Gasteiger partial charge in [-0.2, -0.15) is 5.10 Å². The standard InChI is InChI=1S/C17H23N5O3/c1-10-8-13(19-14-9-11(2)21-22-14)20-15(18-10)12-4-6-17(25-3,7-5-12)16(23)24/h8-9,12H,4-7H2,1-3H3,(H,23,24)(H2,18,19,20,21,22). The van der Waals surface area contributed by atoms with Crippen LogP contribution < -0.4 is 5.32 Å². The van der Waals surface area contributed by atoms with Gasteiger partial charge in [-0.15, -0.1) is 0 Å². The molecule has 1 aliphatic carbocycles. The molecule has 1 aliphatic rings. The molecule has 0 atom stereocenters. The van der Waals surface area contributed by atoms with Gasteiger partial charge in [-0.05, 0) is 39.5 Å². The van der Waals surface area contributed by atoms with E-state index in [2.05, 4.69) is 25.5 Å². The molecular weight excluding hydrogens is 322 g/mol. The number of aromatic nitrogens is 4. The fraction of sp³-hybridized carbons (Fsp3) is 0.529. The molecule has 0 bridgehead atoms. The molecule has 0 aromatic carbocycles. The zero-order chi connectivity index (χ0) is 18.0. The van der Waals surface area contributed by atoms with Gasteiger partial charge in [0.05, 0.1) is 0 Å². The van der Waals surface area contributed by atoms with E-state index in [0.29, 0.717) is 37.3 Å². The van der Waals surface area contributed by atoms with Gasteiger partial charge in [-0.3, -0.25) is 5.10 Å². The van der Waals surface area contributed by atoms with Gasteiger partial charge >= 0.3 is 5.97 Å². The number of carbonyl (C=O) groups is 1. The van der Waals surface area contributed by atoms with Crippen molar-refractivity contribution in [3.8, 4) is 0 Å². The van der Waals surface area contributed by atoms with Crippen molar-refractivity contribution in [1.29, 1.82) is 0 Å². The molecule has 3 rings (SSSR count). The number of aromatic amines is 1. The van der Waals surface area contributed by atoms with Gasteiger partial charge in [0.2, 0.25) is 0 Å². The molecule has 2 aromatic rings. The number of rotatable bonds is 5. The van der Waals surface area contributed by atoms with E-state index in [0.717, 1.165) is 17.2 Å². The molecule has 0 aliphatic heterocycles. The minimum absolute atomic E-state index is 0.129. The molecule has 2 aromatic heterocycles. The molecule has 8 heteroatoms. The smallest absolute Gasteiger partial charge is 0.335 e. The van der Waals surface area contributed by atoms with Crippen molar-refractivity contribution < 1.29 is 14.6 Å². The number of carboxylic acid groups (broad SMARTS) is 1. The largest absolute Gasteiger partial charge is 0.479 e. The number of anilines is 2. The maximum Gasteiger partial charge on any atom is 0.335 e. The van der Waals surface area contributed by atoms with Crippen molar-refractivity contribution in [2.24, 2.45) is 0 Å². The van der Waals surface area contributed by atoms with Crippen LogP contribution in [0.25, 0.3) is 0 Å². The summed E-state index contributed by atoms with van der Waals surface area (Å²) in [7, 11) is 1.46. The van der Waals surface area contributed by atoms with E-state index >= 15 is 0 Å². The Morgan fingerprint density at radius 3 is 2.56 bits per heavy atom. The first-order valence-corrected chi connectivity index (χ1v) is 8.35. The summed E-state index contributed by atoms with van der Waals surface area (Å²) >= 11 is 0. The van der Waals surface area contributed by atoms with Gasteiger partial charge in [0.15, 0.2) is 11.4 Å². The molecule has 1 saturated carbocycles. The van der Waals surface area contributed by atoms with E-state index in [1.807, 2.05) is 26.0 Å². The van der Waals surface area contributed by atoms with Gasteiger partial charge < -0.3 is 15.2 Å². The maximum absolute atomic E-state index is 11.5. The highest BCUT2D eigenvalue weighted by Crippen LogP contribution is 2.39. The van der Waals surface area contributed by atoms with Crippen LogP contribution in [0, 0.1) is 13.8 Å². The van der Waals surface area contributed by atoms with E-state index in [1.54, 1.807) is 0 Å². The summed E-state index contributed by atoms with van der Waals surface area (Å²) in [5, 5.41) is 19.6. The van der Waals surface area contributed by atoms with E-state index in [9.17, 15) is 9.90 Å². The molecule has 8 nitrogen and oxygen atoms in total. The van der Waals surface area contributed by atoms with Gasteiger partial charge in [0.25, 0.3) is 0 Å². The van der Waals surface area contributed by atoms with E-state index in [-0.39, 0.29) is 5.92 Å². The number of aryl methyl sites for hydroxylation is 2. The second kappa shape index (κ2) is 6.79. The second-order valence-corrected chi connectivity index (χ2v) is 6.59. The average Bonchev–Trinajstić information content (AvgIpc) is 2.99. The summed E-state index contributed by atoms with van der Waals surface area (Å²) in [5.41, 5.74) is 0.750. The van der Waals surface area contributed by atoms with Crippen LogP contribution in [0.2, 0.25) is 0 Å². The SMILES string of the molecule is COC1(C(=O)O)CCC(c2nc(C)cc(Nc3cc(C)[nH]n3)n2)CC1. The molecule has 0 amide bonds. The molecule has 0 unspecified atom stereocenters. The Hall–Kier alpha value is -2.48. The predicted molar refractivity (Wildman–Crippen MR) is 92.0 cm³/mol. The number of ether oxygens (including phenoxy) is 1. The van der Waals surface area contributed by atoms with Crippen molar-refractivity contribution in [2.75, 3.05) is 12.4 Å². The zero-order valence-electron chi connectivity index (χ0n) is 14.7. The number of H-pyrrole nitrogens is 1. The lowest BCUT2D eigenvalue weighted by Crippen LogP contribution is -2.43. The molecule has 0 saturated heterocycles. The van der Waals surface area contributed by atoms with Crippen molar-refractivity contribution in [3.63, 3.8) is 0 Å². The van der Waals surface area contributed by atoms with Crippen LogP contribution in [0.1, 0.15) is 48.8 Å². The normalized spacial score (nSPS) is 23.4. The van der Waals surface area contributed by atoms with Crippen LogP contribution in [-0.4, -0.2) is 44.0 Å². The number of methoxy groups -OCH3 is 1. The lowest BCUT2D eigenvalue weighted by atomic mass is 9.78. The average molecular weight is 345 g/mol. The van der Waals surface area contributed by atoms with Crippen molar-refractivity contribution >= 4 is 17.6 Å². The van der Waals surface area contributed by atoms with E-state index < -0.39 is 11.6 Å². The van der Waals surface area contributed by atoms with Crippen LogP contribution in [0.15, 0.2) is 12.1 Å². The van der Waals surface area contributed by atoms with Crippen LogP contribution in [0.5, 0.6) is 0 Å². The highest BCUT2D eigenvalue weighted by Gasteiger charge is 2.43. The molecule has 3 N–H and O–H groups in total. The monoisotopic (exact) mass is 345 g/mol.